The molecule has 0 amide bonds. The molecule has 92 valence electrons. The van der Waals surface area contributed by atoms with E-state index in [0.29, 0.717) is 5.46 Å². The molecule has 17 heavy (non-hydrogen) atoms. The summed E-state index contributed by atoms with van der Waals surface area (Å²) in [6, 6.07) is 1.69. The van der Waals surface area contributed by atoms with Crippen LogP contribution in [-0.2, 0) is 9.31 Å². The molecular weight excluding hydrogens is 241 g/mol. The molecule has 2 rings (SSSR count). The summed E-state index contributed by atoms with van der Waals surface area (Å²) in [5.74, 6) is 0. The van der Waals surface area contributed by atoms with Crippen molar-refractivity contribution in [2.75, 3.05) is 0 Å². The van der Waals surface area contributed by atoms with Gasteiger partial charge >= 0.3 is 12.1 Å². The average Bonchev–Trinajstić information content (AvgIpc) is 2.69. The van der Waals surface area contributed by atoms with Crippen LogP contribution in [0.15, 0.2) is 11.4 Å². The molecule has 0 bridgehead atoms. The maximum absolute atomic E-state index is 10.9. The molecule has 5 nitrogen and oxygen atoms in total. The van der Waals surface area contributed by atoms with Gasteiger partial charge in [0.1, 0.15) is 0 Å². The summed E-state index contributed by atoms with van der Waals surface area (Å²) >= 11 is 1.09. The number of nitrogens with zero attached hydrogens (tertiary/aromatic N) is 1. The lowest BCUT2D eigenvalue weighted by molar-refractivity contribution is -0.379. The highest BCUT2D eigenvalue weighted by atomic mass is 32.1. The second-order valence-corrected chi connectivity index (χ2v) is 5.92. The van der Waals surface area contributed by atoms with Gasteiger partial charge in [-0.15, -0.1) is 0 Å². The summed E-state index contributed by atoms with van der Waals surface area (Å²) < 4.78 is 11.6. The molecule has 7 heteroatoms. The lowest BCUT2D eigenvalue weighted by Crippen LogP contribution is -2.41. The van der Waals surface area contributed by atoms with Crippen molar-refractivity contribution in [3.8, 4) is 0 Å². The normalized spacial score (nSPS) is 21.8. The van der Waals surface area contributed by atoms with Crippen molar-refractivity contribution < 1.29 is 14.2 Å². The van der Waals surface area contributed by atoms with Crippen LogP contribution < -0.4 is 5.46 Å². The molecule has 0 aromatic carbocycles. The summed E-state index contributed by atoms with van der Waals surface area (Å²) in [6.07, 6.45) is 0. The van der Waals surface area contributed by atoms with Crippen molar-refractivity contribution in [2.45, 2.75) is 38.9 Å². The third-order valence-electron chi connectivity index (χ3n) is 3.35. The molecule has 0 aliphatic carbocycles. The summed E-state index contributed by atoms with van der Waals surface area (Å²) in [7, 11) is -0.661. The third-order valence-corrected chi connectivity index (χ3v) is 4.23. The highest BCUT2D eigenvalue weighted by Crippen LogP contribution is 2.37. The summed E-state index contributed by atoms with van der Waals surface area (Å²) in [5, 5.41) is 12.6. The molecule has 1 aromatic rings. The molecule has 0 radical (unpaired) electrons. The molecule has 1 saturated heterocycles. The fourth-order valence-corrected chi connectivity index (χ4v) is 2.34. The van der Waals surface area contributed by atoms with E-state index in [4.69, 9.17) is 9.31 Å². The minimum absolute atomic E-state index is 0.0866. The van der Waals surface area contributed by atoms with Gasteiger partial charge in [0.05, 0.1) is 21.6 Å². The van der Waals surface area contributed by atoms with E-state index < -0.39 is 23.2 Å². The van der Waals surface area contributed by atoms with Crippen molar-refractivity contribution in [1.82, 2.24) is 0 Å². The van der Waals surface area contributed by atoms with Crippen LogP contribution in [0.5, 0.6) is 0 Å². The minimum Gasteiger partial charge on any atom is -0.399 e. The number of hydrogen-bond donors (Lipinski definition) is 0. The van der Waals surface area contributed by atoms with Gasteiger partial charge in [0.15, 0.2) is 0 Å². The molecule has 0 N–H and O–H groups in total. The van der Waals surface area contributed by atoms with Crippen LogP contribution >= 0.6 is 11.3 Å². The quantitative estimate of drug-likeness (QED) is 0.460. The zero-order valence-corrected chi connectivity index (χ0v) is 11.0. The van der Waals surface area contributed by atoms with Crippen LogP contribution in [0.2, 0.25) is 0 Å². The van der Waals surface area contributed by atoms with Gasteiger partial charge in [-0.3, -0.25) is 10.1 Å². The summed E-state index contributed by atoms with van der Waals surface area (Å²) in [5.41, 5.74) is -0.459. The zero-order chi connectivity index (χ0) is 12.8. The second kappa shape index (κ2) is 3.79. The molecule has 0 spiro atoms. The number of nitro groups is 1. The van der Waals surface area contributed by atoms with Crippen LogP contribution in [0, 0.1) is 10.1 Å². The fraction of sp³-hybridized carbons (Fsp3) is 0.600. The SMILES string of the molecule is CC1(C)OB(c2ccsc2[N+](=O)[O-])OC1(C)C. The van der Waals surface area contributed by atoms with E-state index >= 15 is 0 Å². The number of rotatable bonds is 2. The van der Waals surface area contributed by atoms with Gasteiger partial charge in [-0.1, -0.05) is 11.3 Å². The van der Waals surface area contributed by atoms with Crippen LogP contribution in [0.25, 0.3) is 0 Å². The molecule has 0 unspecified atom stereocenters. The van der Waals surface area contributed by atoms with Gasteiger partial charge in [0.25, 0.3) is 0 Å². The Morgan fingerprint density at radius 1 is 1.29 bits per heavy atom. The largest absolute Gasteiger partial charge is 0.502 e. The lowest BCUT2D eigenvalue weighted by atomic mass is 9.80. The Balaban J connectivity index is 2.32. The molecular formula is C10H14BNO4S. The van der Waals surface area contributed by atoms with E-state index in [2.05, 4.69) is 0 Å². The Bertz CT molecular complexity index is 441. The maximum Gasteiger partial charge on any atom is 0.502 e. The first kappa shape index (κ1) is 12.5. The smallest absolute Gasteiger partial charge is 0.399 e. The van der Waals surface area contributed by atoms with Crippen molar-refractivity contribution in [1.29, 1.82) is 0 Å². The molecule has 2 heterocycles. The van der Waals surface area contributed by atoms with Gasteiger partial charge in [0, 0.05) is 0 Å². The first-order chi connectivity index (χ1) is 7.74. The monoisotopic (exact) mass is 255 g/mol. The highest BCUT2D eigenvalue weighted by Gasteiger charge is 2.53. The second-order valence-electron chi connectivity index (χ2n) is 5.03. The third kappa shape index (κ3) is 1.98. The molecule has 0 saturated carbocycles. The lowest BCUT2D eigenvalue weighted by Gasteiger charge is -2.32. The standard InChI is InChI=1S/C10H14BNO4S/c1-9(2)10(3,4)16-11(15-9)7-5-6-17-8(7)12(13)14/h5-6H,1-4H3. The Kier molecular flexibility index (Phi) is 2.80. The average molecular weight is 255 g/mol. The zero-order valence-electron chi connectivity index (χ0n) is 10.2. The fourth-order valence-electron chi connectivity index (χ4n) is 1.61. The van der Waals surface area contributed by atoms with E-state index in [1.807, 2.05) is 27.7 Å². The minimum atomic E-state index is -0.661. The first-order valence-corrected chi connectivity index (χ1v) is 6.20. The van der Waals surface area contributed by atoms with Crippen LogP contribution in [0.3, 0.4) is 0 Å². The molecule has 1 fully saturated rings. The molecule has 1 aliphatic heterocycles. The van der Waals surface area contributed by atoms with Crippen LogP contribution in [-0.4, -0.2) is 23.2 Å². The highest BCUT2D eigenvalue weighted by molar-refractivity contribution is 7.15. The van der Waals surface area contributed by atoms with E-state index in [9.17, 15) is 10.1 Å². The molecule has 1 aromatic heterocycles. The Morgan fingerprint density at radius 3 is 2.29 bits per heavy atom. The van der Waals surface area contributed by atoms with E-state index in [0.717, 1.165) is 11.3 Å². The van der Waals surface area contributed by atoms with Gasteiger partial charge in [-0.25, -0.2) is 0 Å². The van der Waals surface area contributed by atoms with Crippen molar-refractivity contribution in [2.24, 2.45) is 0 Å². The Labute approximate surface area is 104 Å². The van der Waals surface area contributed by atoms with Crippen molar-refractivity contribution >= 4 is 28.9 Å². The maximum atomic E-state index is 10.9. The Hall–Kier alpha value is -0.915. The van der Waals surface area contributed by atoms with Crippen LogP contribution in [0.1, 0.15) is 27.7 Å². The Morgan fingerprint density at radius 2 is 1.82 bits per heavy atom. The van der Waals surface area contributed by atoms with Gasteiger partial charge < -0.3 is 9.31 Å². The van der Waals surface area contributed by atoms with E-state index in [1.165, 1.54) is 0 Å². The summed E-state index contributed by atoms with van der Waals surface area (Å²) in [6.45, 7) is 7.69. The van der Waals surface area contributed by atoms with Crippen molar-refractivity contribution in [3.63, 3.8) is 0 Å². The predicted molar refractivity (Wildman–Crippen MR) is 66.7 cm³/mol. The van der Waals surface area contributed by atoms with E-state index in [-0.39, 0.29) is 5.00 Å². The molecule has 1 aliphatic rings. The predicted octanol–water partition coefficient (Wildman–Crippen LogP) is 1.96. The number of hydrogen-bond acceptors (Lipinski definition) is 5. The van der Waals surface area contributed by atoms with E-state index in [1.54, 1.807) is 11.4 Å². The van der Waals surface area contributed by atoms with Gasteiger partial charge in [-0.05, 0) is 39.1 Å². The van der Waals surface area contributed by atoms with Gasteiger partial charge in [0.2, 0.25) is 0 Å². The van der Waals surface area contributed by atoms with Crippen LogP contribution in [0.4, 0.5) is 5.00 Å². The summed E-state index contributed by atoms with van der Waals surface area (Å²) in [4.78, 5) is 10.5. The first-order valence-electron chi connectivity index (χ1n) is 5.32. The topological polar surface area (TPSA) is 61.6 Å². The van der Waals surface area contributed by atoms with Crippen molar-refractivity contribution in [3.05, 3.63) is 21.6 Å². The number of thiophene rings is 1. The van der Waals surface area contributed by atoms with Gasteiger partial charge in [-0.2, -0.15) is 0 Å². The molecule has 0 atom stereocenters.